The molecule has 1 N–H and O–H groups in total. The second kappa shape index (κ2) is 5.90. The van der Waals surface area contributed by atoms with Crippen LogP contribution in [0.5, 0.6) is 5.75 Å². The van der Waals surface area contributed by atoms with Gasteiger partial charge in [0.1, 0.15) is 17.3 Å². The molecule has 20 heavy (non-hydrogen) atoms. The van der Waals surface area contributed by atoms with E-state index >= 15 is 0 Å². The summed E-state index contributed by atoms with van der Waals surface area (Å²) in [4.78, 5) is 0. The van der Waals surface area contributed by atoms with Crippen LogP contribution >= 0.6 is 0 Å². The number of benzene rings is 2. The zero-order chi connectivity index (χ0) is 14.7. The summed E-state index contributed by atoms with van der Waals surface area (Å²) in [7, 11) is 1.59. The van der Waals surface area contributed by atoms with Crippen molar-refractivity contribution in [2.75, 3.05) is 12.4 Å². The first-order valence-electron chi connectivity index (χ1n) is 6.38. The van der Waals surface area contributed by atoms with Gasteiger partial charge in [-0.2, -0.15) is 0 Å². The Morgan fingerprint density at radius 3 is 2.30 bits per heavy atom. The maximum atomic E-state index is 13.9. The molecule has 0 bridgehead atoms. The molecule has 0 spiro atoms. The lowest BCUT2D eigenvalue weighted by Gasteiger charge is -2.18. The molecule has 1 unspecified atom stereocenters. The van der Waals surface area contributed by atoms with E-state index in [0.29, 0.717) is 5.56 Å². The quantitative estimate of drug-likeness (QED) is 0.891. The van der Waals surface area contributed by atoms with Crippen LogP contribution < -0.4 is 10.1 Å². The molecule has 2 aromatic carbocycles. The summed E-state index contributed by atoms with van der Waals surface area (Å²) < 4.78 is 32.7. The van der Waals surface area contributed by atoms with Crippen LogP contribution in [0.3, 0.4) is 0 Å². The standard InChI is InChI=1S/C16H17F2NO/c1-10-4-9-14(17)16(15(10)18)19-11(2)12-5-7-13(20-3)8-6-12/h4-9,11,19H,1-3H3. The first-order valence-corrected chi connectivity index (χ1v) is 6.38. The SMILES string of the molecule is COc1ccc(C(C)Nc2c(F)ccc(C)c2F)cc1. The van der Waals surface area contributed by atoms with Gasteiger partial charge in [0.25, 0.3) is 0 Å². The summed E-state index contributed by atoms with van der Waals surface area (Å²) in [6.45, 7) is 3.46. The predicted octanol–water partition coefficient (Wildman–Crippen LogP) is 4.45. The van der Waals surface area contributed by atoms with Gasteiger partial charge >= 0.3 is 0 Å². The Bertz CT molecular complexity index is 596. The fraction of sp³-hybridized carbons (Fsp3) is 0.250. The van der Waals surface area contributed by atoms with Gasteiger partial charge in [0.2, 0.25) is 0 Å². The van der Waals surface area contributed by atoms with Crippen molar-refractivity contribution in [3.63, 3.8) is 0 Å². The summed E-state index contributed by atoms with van der Waals surface area (Å²) in [5, 5.41) is 2.88. The van der Waals surface area contributed by atoms with E-state index in [0.717, 1.165) is 11.3 Å². The first-order chi connectivity index (χ1) is 9.52. The summed E-state index contributed by atoms with van der Waals surface area (Å²) in [6.07, 6.45) is 0. The van der Waals surface area contributed by atoms with Gasteiger partial charge in [-0.15, -0.1) is 0 Å². The van der Waals surface area contributed by atoms with Crippen molar-refractivity contribution in [1.82, 2.24) is 0 Å². The number of halogens is 2. The highest BCUT2D eigenvalue weighted by Gasteiger charge is 2.14. The number of aryl methyl sites for hydroxylation is 1. The Morgan fingerprint density at radius 1 is 1.05 bits per heavy atom. The normalized spacial score (nSPS) is 12.1. The fourth-order valence-electron chi connectivity index (χ4n) is 1.98. The minimum absolute atomic E-state index is 0.0895. The topological polar surface area (TPSA) is 21.3 Å². The number of hydrogen-bond donors (Lipinski definition) is 1. The van der Waals surface area contributed by atoms with E-state index in [1.807, 2.05) is 31.2 Å². The second-order valence-corrected chi connectivity index (χ2v) is 4.69. The van der Waals surface area contributed by atoms with E-state index in [-0.39, 0.29) is 11.7 Å². The van der Waals surface area contributed by atoms with Gasteiger partial charge in [-0.05, 0) is 43.2 Å². The van der Waals surface area contributed by atoms with E-state index in [4.69, 9.17) is 4.74 Å². The van der Waals surface area contributed by atoms with Crippen LogP contribution in [0.4, 0.5) is 14.5 Å². The third-order valence-electron chi connectivity index (χ3n) is 3.26. The fourth-order valence-corrected chi connectivity index (χ4v) is 1.98. The molecule has 106 valence electrons. The van der Waals surface area contributed by atoms with Crippen LogP contribution in [0.25, 0.3) is 0 Å². The lowest BCUT2D eigenvalue weighted by molar-refractivity contribution is 0.414. The third-order valence-corrected chi connectivity index (χ3v) is 3.26. The average molecular weight is 277 g/mol. The van der Waals surface area contributed by atoms with Crippen molar-refractivity contribution >= 4 is 5.69 Å². The van der Waals surface area contributed by atoms with Gasteiger partial charge in [0, 0.05) is 6.04 Å². The van der Waals surface area contributed by atoms with Crippen LogP contribution in [-0.2, 0) is 0 Å². The molecule has 0 amide bonds. The van der Waals surface area contributed by atoms with E-state index < -0.39 is 11.6 Å². The van der Waals surface area contributed by atoms with Crippen LogP contribution in [0.15, 0.2) is 36.4 Å². The van der Waals surface area contributed by atoms with Crippen LogP contribution in [0.2, 0.25) is 0 Å². The summed E-state index contributed by atoms with van der Waals surface area (Å²) in [5.74, 6) is -0.396. The lowest BCUT2D eigenvalue weighted by atomic mass is 10.1. The van der Waals surface area contributed by atoms with Crippen molar-refractivity contribution in [2.45, 2.75) is 19.9 Å². The zero-order valence-corrected chi connectivity index (χ0v) is 11.7. The summed E-state index contributed by atoms with van der Waals surface area (Å²) in [6, 6.07) is 9.83. The molecule has 2 aromatic rings. The van der Waals surface area contributed by atoms with Crippen molar-refractivity contribution in [1.29, 1.82) is 0 Å². The van der Waals surface area contributed by atoms with E-state index in [9.17, 15) is 8.78 Å². The minimum Gasteiger partial charge on any atom is -0.497 e. The van der Waals surface area contributed by atoms with Crippen LogP contribution in [0, 0.1) is 18.6 Å². The Balaban J connectivity index is 2.23. The number of hydrogen-bond acceptors (Lipinski definition) is 2. The van der Waals surface area contributed by atoms with E-state index in [1.54, 1.807) is 14.0 Å². The molecule has 4 heteroatoms. The van der Waals surface area contributed by atoms with Crippen molar-refractivity contribution in [3.05, 3.63) is 59.2 Å². The molecule has 0 fully saturated rings. The Labute approximate surface area is 117 Å². The number of nitrogens with one attached hydrogen (secondary N) is 1. The molecule has 0 heterocycles. The van der Waals surface area contributed by atoms with Gasteiger partial charge in [-0.25, -0.2) is 8.78 Å². The van der Waals surface area contributed by atoms with Crippen molar-refractivity contribution in [3.8, 4) is 5.75 Å². The van der Waals surface area contributed by atoms with Gasteiger partial charge < -0.3 is 10.1 Å². The molecular weight excluding hydrogens is 260 g/mol. The average Bonchev–Trinajstić information content (AvgIpc) is 2.47. The van der Waals surface area contributed by atoms with Gasteiger partial charge in [-0.3, -0.25) is 0 Å². The minimum atomic E-state index is -0.589. The largest absolute Gasteiger partial charge is 0.497 e. The second-order valence-electron chi connectivity index (χ2n) is 4.69. The molecule has 0 radical (unpaired) electrons. The molecule has 2 rings (SSSR count). The highest BCUT2D eigenvalue weighted by Crippen LogP contribution is 2.27. The number of ether oxygens (including phenoxy) is 1. The predicted molar refractivity (Wildman–Crippen MR) is 76.1 cm³/mol. The third kappa shape index (κ3) is 2.90. The van der Waals surface area contributed by atoms with Gasteiger partial charge in [0.05, 0.1) is 7.11 Å². The van der Waals surface area contributed by atoms with E-state index in [1.165, 1.54) is 12.1 Å². The van der Waals surface area contributed by atoms with Crippen LogP contribution in [0.1, 0.15) is 24.1 Å². The smallest absolute Gasteiger partial charge is 0.152 e. The molecule has 2 nitrogen and oxygen atoms in total. The Morgan fingerprint density at radius 2 is 1.70 bits per heavy atom. The Kier molecular flexibility index (Phi) is 4.23. The highest BCUT2D eigenvalue weighted by molar-refractivity contribution is 5.50. The highest BCUT2D eigenvalue weighted by atomic mass is 19.1. The summed E-state index contributed by atoms with van der Waals surface area (Å²) >= 11 is 0. The molecule has 0 saturated carbocycles. The number of anilines is 1. The van der Waals surface area contributed by atoms with Crippen LogP contribution in [-0.4, -0.2) is 7.11 Å². The molecular formula is C16H17F2NO. The van der Waals surface area contributed by atoms with Gasteiger partial charge in [-0.1, -0.05) is 18.2 Å². The molecule has 0 aliphatic heterocycles. The van der Waals surface area contributed by atoms with Crippen molar-refractivity contribution in [2.24, 2.45) is 0 Å². The molecule has 0 aliphatic rings. The molecule has 1 atom stereocenters. The molecule has 0 saturated heterocycles. The first kappa shape index (κ1) is 14.3. The maximum Gasteiger partial charge on any atom is 0.152 e. The Hall–Kier alpha value is -2.10. The summed E-state index contributed by atoms with van der Waals surface area (Å²) in [5.41, 5.74) is 1.25. The lowest BCUT2D eigenvalue weighted by Crippen LogP contribution is -2.10. The molecule has 0 aromatic heterocycles. The number of methoxy groups -OCH3 is 1. The van der Waals surface area contributed by atoms with Gasteiger partial charge in [0.15, 0.2) is 5.82 Å². The van der Waals surface area contributed by atoms with Crippen molar-refractivity contribution < 1.29 is 13.5 Å². The zero-order valence-electron chi connectivity index (χ0n) is 11.7. The van der Waals surface area contributed by atoms with E-state index in [2.05, 4.69) is 5.32 Å². The monoisotopic (exact) mass is 277 g/mol. The maximum absolute atomic E-state index is 13.9. The number of rotatable bonds is 4. The molecule has 0 aliphatic carbocycles.